The second-order valence-electron chi connectivity index (χ2n) is 7.88. The van der Waals surface area contributed by atoms with Crippen molar-refractivity contribution in [2.24, 2.45) is 5.92 Å². The van der Waals surface area contributed by atoms with Crippen LogP contribution in [0.2, 0.25) is 5.02 Å². The standard InChI is InChI=1S/C24H25ClN2O2/c1-16(28)27-14-13-17-5-2-3-8-21(17)22(27)15-23(29)26-24(18-6-4-7-18)19-9-11-20(25)12-10-19/h2-3,5,8-14,18,22,24H,4,6-7,15H2,1H3,(H,26,29). The van der Waals surface area contributed by atoms with E-state index in [1.54, 1.807) is 11.1 Å². The van der Waals surface area contributed by atoms with Crippen molar-refractivity contribution in [2.75, 3.05) is 0 Å². The summed E-state index contributed by atoms with van der Waals surface area (Å²) < 4.78 is 0. The van der Waals surface area contributed by atoms with Gasteiger partial charge in [-0.3, -0.25) is 9.59 Å². The molecule has 4 rings (SSSR count). The van der Waals surface area contributed by atoms with E-state index < -0.39 is 0 Å². The fourth-order valence-electron chi connectivity index (χ4n) is 4.24. The van der Waals surface area contributed by atoms with E-state index in [-0.39, 0.29) is 30.3 Å². The highest BCUT2D eigenvalue weighted by molar-refractivity contribution is 6.30. The zero-order valence-electron chi connectivity index (χ0n) is 16.5. The molecular weight excluding hydrogens is 384 g/mol. The molecule has 2 aromatic rings. The minimum absolute atomic E-state index is 0.0197. The molecule has 2 amide bonds. The molecule has 5 heteroatoms. The number of halogens is 1. The molecule has 2 atom stereocenters. The molecule has 2 aromatic carbocycles. The van der Waals surface area contributed by atoms with E-state index in [0.29, 0.717) is 10.9 Å². The zero-order valence-corrected chi connectivity index (χ0v) is 17.2. The number of hydrogen-bond acceptors (Lipinski definition) is 2. The number of nitrogens with one attached hydrogen (secondary N) is 1. The SMILES string of the molecule is CC(=O)N1C=Cc2ccccc2C1CC(=O)NC(c1ccc(Cl)cc1)C1CCC1. The number of hydrogen-bond donors (Lipinski definition) is 1. The first-order chi connectivity index (χ1) is 14.0. The summed E-state index contributed by atoms with van der Waals surface area (Å²) in [6, 6.07) is 15.3. The van der Waals surface area contributed by atoms with E-state index in [2.05, 4.69) is 5.32 Å². The molecule has 1 N–H and O–H groups in total. The lowest BCUT2D eigenvalue weighted by Crippen LogP contribution is -2.39. The van der Waals surface area contributed by atoms with Crippen LogP contribution in [0.1, 0.15) is 61.4 Å². The molecule has 1 aliphatic carbocycles. The van der Waals surface area contributed by atoms with Gasteiger partial charge in [0.05, 0.1) is 18.5 Å². The number of nitrogens with zero attached hydrogens (tertiary/aromatic N) is 1. The second kappa shape index (κ2) is 8.42. The summed E-state index contributed by atoms with van der Waals surface area (Å²) in [6.07, 6.45) is 7.37. The van der Waals surface area contributed by atoms with Gasteiger partial charge >= 0.3 is 0 Å². The largest absolute Gasteiger partial charge is 0.349 e. The van der Waals surface area contributed by atoms with Crippen LogP contribution in [0, 0.1) is 5.92 Å². The molecule has 150 valence electrons. The molecule has 2 aliphatic rings. The minimum Gasteiger partial charge on any atom is -0.349 e. The third kappa shape index (κ3) is 4.23. The van der Waals surface area contributed by atoms with E-state index >= 15 is 0 Å². The molecule has 1 saturated carbocycles. The van der Waals surface area contributed by atoms with Crippen LogP contribution in [0.4, 0.5) is 0 Å². The van der Waals surface area contributed by atoms with Gasteiger partial charge in [-0.1, -0.05) is 54.4 Å². The molecule has 0 bridgehead atoms. The lowest BCUT2D eigenvalue weighted by molar-refractivity contribution is -0.130. The first-order valence-electron chi connectivity index (χ1n) is 10.1. The topological polar surface area (TPSA) is 49.4 Å². The maximum absolute atomic E-state index is 13.1. The fourth-order valence-corrected chi connectivity index (χ4v) is 4.36. The lowest BCUT2D eigenvalue weighted by Gasteiger charge is -2.36. The predicted molar refractivity (Wildman–Crippen MR) is 115 cm³/mol. The number of benzene rings is 2. The molecule has 0 spiro atoms. The van der Waals surface area contributed by atoms with Crippen LogP contribution < -0.4 is 5.32 Å². The van der Waals surface area contributed by atoms with Crippen molar-refractivity contribution in [1.82, 2.24) is 10.2 Å². The molecule has 2 unspecified atom stereocenters. The van der Waals surface area contributed by atoms with Gasteiger partial charge in [0.15, 0.2) is 0 Å². The molecule has 29 heavy (non-hydrogen) atoms. The summed E-state index contributed by atoms with van der Waals surface area (Å²) in [7, 11) is 0. The van der Waals surface area contributed by atoms with Gasteiger partial charge in [0.1, 0.15) is 0 Å². The Morgan fingerprint density at radius 1 is 1.14 bits per heavy atom. The number of rotatable bonds is 5. The van der Waals surface area contributed by atoms with Crippen molar-refractivity contribution in [3.63, 3.8) is 0 Å². The first kappa shape index (κ1) is 19.7. The van der Waals surface area contributed by atoms with Gasteiger partial charge in [0.2, 0.25) is 11.8 Å². The quantitative estimate of drug-likeness (QED) is 0.733. The summed E-state index contributed by atoms with van der Waals surface area (Å²) in [4.78, 5) is 26.9. The highest BCUT2D eigenvalue weighted by Gasteiger charge is 2.32. The molecule has 0 radical (unpaired) electrons. The molecule has 0 aromatic heterocycles. The van der Waals surface area contributed by atoms with Crippen LogP contribution in [0.5, 0.6) is 0 Å². The maximum atomic E-state index is 13.1. The van der Waals surface area contributed by atoms with E-state index in [1.807, 2.05) is 54.6 Å². The third-order valence-corrected chi connectivity index (χ3v) is 6.27. The predicted octanol–water partition coefficient (Wildman–Crippen LogP) is 5.26. The van der Waals surface area contributed by atoms with Crippen molar-refractivity contribution >= 4 is 29.5 Å². The number of carbonyl (C=O) groups is 2. The highest BCUT2D eigenvalue weighted by atomic mass is 35.5. The van der Waals surface area contributed by atoms with E-state index in [1.165, 1.54) is 13.3 Å². The Kier molecular flexibility index (Phi) is 5.72. The average Bonchev–Trinajstić information content (AvgIpc) is 2.66. The Morgan fingerprint density at radius 2 is 1.86 bits per heavy atom. The minimum atomic E-state index is -0.291. The maximum Gasteiger partial charge on any atom is 0.223 e. The van der Waals surface area contributed by atoms with Crippen LogP contribution in [-0.4, -0.2) is 16.7 Å². The van der Waals surface area contributed by atoms with Gasteiger partial charge in [0.25, 0.3) is 0 Å². The molecule has 1 heterocycles. The van der Waals surface area contributed by atoms with Crippen molar-refractivity contribution in [2.45, 2.75) is 44.7 Å². The van der Waals surface area contributed by atoms with Gasteiger partial charge in [-0.25, -0.2) is 0 Å². The van der Waals surface area contributed by atoms with Crippen molar-refractivity contribution in [3.05, 3.63) is 76.4 Å². The average molecular weight is 409 g/mol. The molecule has 0 saturated heterocycles. The summed E-state index contributed by atoms with van der Waals surface area (Å²) in [5.41, 5.74) is 3.14. The van der Waals surface area contributed by atoms with Gasteiger partial charge in [0, 0.05) is 18.1 Å². The first-order valence-corrected chi connectivity index (χ1v) is 10.5. The normalized spacial score (nSPS) is 19.2. The van der Waals surface area contributed by atoms with Gasteiger partial charge in [-0.15, -0.1) is 0 Å². The van der Waals surface area contributed by atoms with Gasteiger partial charge in [-0.05, 0) is 53.7 Å². The third-order valence-electron chi connectivity index (χ3n) is 6.01. The Morgan fingerprint density at radius 3 is 2.52 bits per heavy atom. The zero-order chi connectivity index (χ0) is 20.4. The molecule has 1 aliphatic heterocycles. The Hall–Kier alpha value is -2.59. The van der Waals surface area contributed by atoms with Gasteiger partial charge < -0.3 is 10.2 Å². The van der Waals surface area contributed by atoms with E-state index in [0.717, 1.165) is 29.5 Å². The fraction of sp³-hybridized carbons (Fsp3) is 0.333. The second-order valence-corrected chi connectivity index (χ2v) is 8.32. The summed E-state index contributed by atoms with van der Waals surface area (Å²) >= 11 is 6.04. The Balaban J connectivity index is 1.54. The monoisotopic (exact) mass is 408 g/mol. The van der Waals surface area contributed by atoms with Crippen LogP contribution in [0.3, 0.4) is 0 Å². The number of fused-ring (bicyclic) bond motifs is 1. The molecule has 4 nitrogen and oxygen atoms in total. The molecular formula is C24H25ClN2O2. The number of amides is 2. The summed E-state index contributed by atoms with van der Waals surface area (Å²) in [6.45, 7) is 1.54. The Labute approximate surface area is 176 Å². The van der Waals surface area contributed by atoms with Crippen molar-refractivity contribution in [1.29, 1.82) is 0 Å². The van der Waals surface area contributed by atoms with Crippen LogP contribution in [-0.2, 0) is 9.59 Å². The Bertz CT molecular complexity index is 934. The summed E-state index contributed by atoms with van der Waals surface area (Å²) in [5.74, 6) is 0.336. The smallest absolute Gasteiger partial charge is 0.223 e. The lowest BCUT2D eigenvalue weighted by atomic mass is 9.77. The van der Waals surface area contributed by atoms with Crippen LogP contribution in [0.15, 0.2) is 54.7 Å². The van der Waals surface area contributed by atoms with E-state index in [4.69, 9.17) is 11.6 Å². The van der Waals surface area contributed by atoms with Crippen LogP contribution in [0.25, 0.3) is 6.08 Å². The van der Waals surface area contributed by atoms with Gasteiger partial charge in [-0.2, -0.15) is 0 Å². The van der Waals surface area contributed by atoms with Crippen molar-refractivity contribution < 1.29 is 9.59 Å². The van der Waals surface area contributed by atoms with E-state index in [9.17, 15) is 9.59 Å². The highest BCUT2D eigenvalue weighted by Crippen LogP contribution is 2.39. The summed E-state index contributed by atoms with van der Waals surface area (Å²) in [5, 5.41) is 3.94. The number of carbonyl (C=O) groups excluding carboxylic acids is 2. The van der Waals surface area contributed by atoms with Crippen LogP contribution >= 0.6 is 11.6 Å². The molecule has 1 fully saturated rings. The van der Waals surface area contributed by atoms with Crippen molar-refractivity contribution in [3.8, 4) is 0 Å².